The second-order valence-corrected chi connectivity index (χ2v) is 3.92. The molecule has 0 unspecified atom stereocenters. The van der Waals surface area contributed by atoms with Gasteiger partial charge >= 0.3 is 5.97 Å². The van der Waals surface area contributed by atoms with E-state index >= 15 is 0 Å². The van der Waals surface area contributed by atoms with Crippen molar-refractivity contribution in [3.05, 3.63) is 29.8 Å². The van der Waals surface area contributed by atoms with Gasteiger partial charge in [-0.25, -0.2) is 4.79 Å². The minimum absolute atomic E-state index is 0.253. The first-order valence-corrected chi connectivity index (χ1v) is 5.76. The molecule has 0 aliphatic rings. The van der Waals surface area contributed by atoms with E-state index < -0.39 is 12.6 Å². The Balaban J connectivity index is 2.52. The molecule has 0 saturated carbocycles. The van der Waals surface area contributed by atoms with Gasteiger partial charge in [-0.15, -0.1) is 0 Å². The van der Waals surface area contributed by atoms with Gasteiger partial charge in [0.05, 0.1) is 13.2 Å². The molecule has 104 valence electrons. The number of hydrogen-bond donors (Lipinski definition) is 2. The lowest BCUT2D eigenvalue weighted by Crippen LogP contribution is -2.31. The topological polar surface area (TPSA) is 84.9 Å². The van der Waals surface area contributed by atoms with Gasteiger partial charge < -0.3 is 19.9 Å². The number of rotatable bonds is 7. The zero-order chi connectivity index (χ0) is 14.3. The van der Waals surface area contributed by atoms with Crippen LogP contribution < -0.4 is 10.1 Å². The predicted octanol–water partition coefficient (Wildman–Crippen LogP) is 0.974. The molecule has 0 bridgehead atoms. The summed E-state index contributed by atoms with van der Waals surface area (Å²) in [6.45, 7) is 1.04. The van der Waals surface area contributed by atoms with E-state index in [1.165, 1.54) is 0 Å². The molecule has 1 amide bonds. The number of methoxy groups -OCH3 is 1. The van der Waals surface area contributed by atoms with Crippen molar-refractivity contribution in [3.8, 4) is 5.75 Å². The summed E-state index contributed by atoms with van der Waals surface area (Å²) in [6, 6.07) is 7.09. The van der Waals surface area contributed by atoms with Crippen LogP contribution in [0.25, 0.3) is 0 Å². The molecule has 1 aromatic rings. The number of benzene rings is 1. The summed E-state index contributed by atoms with van der Waals surface area (Å²) in [5.74, 6) is -0.799. The van der Waals surface area contributed by atoms with Crippen molar-refractivity contribution in [1.29, 1.82) is 0 Å². The molecule has 1 aromatic carbocycles. The Morgan fingerprint density at radius 1 is 1.32 bits per heavy atom. The molecule has 0 spiro atoms. The molecule has 6 nitrogen and oxygen atoms in total. The number of carbonyl (C=O) groups is 2. The Kier molecular flexibility index (Phi) is 5.81. The number of para-hydroxylation sites is 1. The van der Waals surface area contributed by atoms with Crippen LogP contribution in [0.2, 0.25) is 0 Å². The Morgan fingerprint density at radius 2 is 2.00 bits per heavy atom. The van der Waals surface area contributed by atoms with E-state index in [0.29, 0.717) is 5.75 Å². The first kappa shape index (κ1) is 15.0. The predicted molar refractivity (Wildman–Crippen MR) is 68.0 cm³/mol. The lowest BCUT2D eigenvalue weighted by molar-refractivity contribution is -0.143. The molecule has 1 atom stereocenters. The Labute approximate surface area is 111 Å². The summed E-state index contributed by atoms with van der Waals surface area (Å²) >= 11 is 0. The third-order valence-corrected chi connectivity index (χ3v) is 2.44. The molecule has 0 saturated heterocycles. The fraction of sp³-hybridized carbons (Fsp3) is 0.385. The van der Waals surface area contributed by atoms with Gasteiger partial charge in [-0.3, -0.25) is 4.79 Å². The fourth-order valence-corrected chi connectivity index (χ4v) is 1.62. The first-order chi connectivity index (χ1) is 9.04. The molecule has 0 heterocycles. The van der Waals surface area contributed by atoms with Crippen LogP contribution in [0.5, 0.6) is 5.75 Å². The third kappa shape index (κ3) is 4.97. The Bertz CT molecular complexity index is 446. The molecule has 0 fully saturated rings. The van der Waals surface area contributed by atoms with Crippen molar-refractivity contribution >= 4 is 11.9 Å². The molecule has 0 radical (unpaired) electrons. The SMILES string of the molecule is COc1ccccc1[C@H](C)NC(=O)COCC(=O)O. The molecule has 0 aliphatic heterocycles. The van der Waals surface area contributed by atoms with Gasteiger partial charge in [-0.05, 0) is 13.0 Å². The second kappa shape index (κ2) is 7.38. The van der Waals surface area contributed by atoms with Crippen LogP contribution in [-0.2, 0) is 14.3 Å². The van der Waals surface area contributed by atoms with Crippen molar-refractivity contribution in [1.82, 2.24) is 5.32 Å². The quantitative estimate of drug-likeness (QED) is 0.769. The van der Waals surface area contributed by atoms with Crippen LogP contribution in [0, 0.1) is 0 Å². The van der Waals surface area contributed by atoms with Crippen LogP contribution in [-0.4, -0.2) is 37.3 Å². The highest BCUT2D eigenvalue weighted by Crippen LogP contribution is 2.23. The number of nitrogens with one attached hydrogen (secondary N) is 1. The summed E-state index contributed by atoms with van der Waals surface area (Å²) in [7, 11) is 1.56. The summed E-state index contributed by atoms with van der Waals surface area (Å²) in [6.07, 6.45) is 0. The van der Waals surface area contributed by atoms with Crippen LogP contribution in [0.4, 0.5) is 0 Å². The van der Waals surface area contributed by atoms with E-state index in [1.54, 1.807) is 13.2 Å². The number of ether oxygens (including phenoxy) is 2. The minimum Gasteiger partial charge on any atom is -0.496 e. The molecule has 19 heavy (non-hydrogen) atoms. The van der Waals surface area contributed by atoms with E-state index in [4.69, 9.17) is 14.6 Å². The van der Waals surface area contributed by atoms with Crippen molar-refractivity contribution in [2.45, 2.75) is 13.0 Å². The van der Waals surface area contributed by atoms with Gasteiger partial charge in [-0.1, -0.05) is 18.2 Å². The number of carbonyl (C=O) groups excluding carboxylic acids is 1. The van der Waals surface area contributed by atoms with Crippen LogP contribution >= 0.6 is 0 Å². The standard InChI is InChI=1S/C13H17NO5/c1-9(10-5-3-4-6-11(10)18-2)14-12(15)7-19-8-13(16)17/h3-6,9H,7-8H2,1-2H3,(H,14,15)(H,16,17)/t9-/m0/s1. The van der Waals surface area contributed by atoms with E-state index in [-0.39, 0.29) is 18.6 Å². The monoisotopic (exact) mass is 267 g/mol. The molecular weight excluding hydrogens is 250 g/mol. The summed E-state index contributed by atoms with van der Waals surface area (Å²) in [5.41, 5.74) is 0.844. The lowest BCUT2D eigenvalue weighted by atomic mass is 10.1. The van der Waals surface area contributed by atoms with E-state index in [0.717, 1.165) is 5.56 Å². The molecule has 0 aromatic heterocycles. The average molecular weight is 267 g/mol. The first-order valence-electron chi connectivity index (χ1n) is 5.76. The molecule has 6 heteroatoms. The van der Waals surface area contributed by atoms with Gasteiger partial charge in [0.25, 0.3) is 0 Å². The van der Waals surface area contributed by atoms with Gasteiger partial charge in [0, 0.05) is 5.56 Å². The average Bonchev–Trinajstić information content (AvgIpc) is 2.38. The molecule has 2 N–H and O–H groups in total. The second-order valence-electron chi connectivity index (χ2n) is 3.92. The van der Waals surface area contributed by atoms with Crippen molar-refractivity contribution in [2.75, 3.05) is 20.3 Å². The highest BCUT2D eigenvalue weighted by Gasteiger charge is 2.13. The summed E-state index contributed by atoms with van der Waals surface area (Å²) < 4.78 is 9.91. The van der Waals surface area contributed by atoms with Crippen molar-refractivity contribution < 1.29 is 24.2 Å². The van der Waals surface area contributed by atoms with Gasteiger partial charge in [-0.2, -0.15) is 0 Å². The fourth-order valence-electron chi connectivity index (χ4n) is 1.62. The highest BCUT2D eigenvalue weighted by atomic mass is 16.5. The summed E-state index contributed by atoms with van der Waals surface area (Å²) in [5, 5.41) is 11.1. The molecule has 1 rings (SSSR count). The minimum atomic E-state index is -1.11. The highest BCUT2D eigenvalue weighted by molar-refractivity contribution is 5.78. The van der Waals surface area contributed by atoms with Gasteiger partial charge in [0.1, 0.15) is 19.0 Å². The number of carboxylic acid groups (broad SMARTS) is 1. The van der Waals surface area contributed by atoms with Crippen molar-refractivity contribution in [3.63, 3.8) is 0 Å². The number of carboxylic acids is 1. The molecular formula is C13H17NO5. The third-order valence-electron chi connectivity index (χ3n) is 2.44. The molecule has 0 aliphatic carbocycles. The van der Waals surface area contributed by atoms with Crippen LogP contribution in [0.3, 0.4) is 0 Å². The van der Waals surface area contributed by atoms with Crippen LogP contribution in [0.15, 0.2) is 24.3 Å². The van der Waals surface area contributed by atoms with Crippen molar-refractivity contribution in [2.24, 2.45) is 0 Å². The van der Waals surface area contributed by atoms with Crippen LogP contribution in [0.1, 0.15) is 18.5 Å². The number of amides is 1. The maximum Gasteiger partial charge on any atom is 0.329 e. The summed E-state index contributed by atoms with van der Waals surface area (Å²) in [4.78, 5) is 21.8. The smallest absolute Gasteiger partial charge is 0.329 e. The van der Waals surface area contributed by atoms with Gasteiger partial charge in [0.2, 0.25) is 5.91 Å². The lowest BCUT2D eigenvalue weighted by Gasteiger charge is -2.17. The zero-order valence-corrected chi connectivity index (χ0v) is 10.9. The largest absolute Gasteiger partial charge is 0.496 e. The van der Waals surface area contributed by atoms with Gasteiger partial charge in [0.15, 0.2) is 0 Å². The maximum atomic E-state index is 11.5. The maximum absolute atomic E-state index is 11.5. The van der Waals surface area contributed by atoms with E-state index in [9.17, 15) is 9.59 Å². The zero-order valence-electron chi connectivity index (χ0n) is 10.9. The number of aliphatic carboxylic acids is 1. The Morgan fingerprint density at radius 3 is 2.63 bits per heavy atom. The number of hydrogen-bond acceptors (Lipinski definition) is 4. The normalized spacial score (nSPS) is 11.7. The Hall–Kier alpha value is -2.08. The van der Waals surface area contributed by atoms with E-state index in [2.05, 4.69) is 5.32 Å². The van der Waals surface area contributed by atoms with E-state index in [1.807, 2.05) is 25.1 Å².